The Bertz CT molecular complexity index is 1800. The van der Waals surface area contributed by atoms with E-state index in [0.29, 0.717) is 34.6 Å². The first-order valence-electron chi connectivity index (χ1n) is 14.2. The molecule has 1 atom stereocenters. The van der Waals surface area contributed by atoms with E-state index in [1.807, 2.05) is 13.0 Å². The zero-order valence-corrected chi connectivity index (χ0v) is 26.4. The maximum Gasteiger partial charge on any atom is 0.286 e. The SMILES string of the molecule is CCN(CC)CCNC(=O)c1cccc(S(C)(=O)=NC(=O)c2cncc(-c3cccc(NC(=O)c4cc(C)nn4C)c3)c2)c1. The number of anilines is 1. The first-order chi connectivity index (χ1) is 21.0. The molecule has 0 saturated carbocycles. The molecular weight excluding hydrogens is 578 g/mol. The Hall–Kier alpha value is -4.68. The normalized spacial score (nSPS) is 12.4. The van der Waals surface area contributed by atoms with E-state index < -0.39 is 15.6 Å². The van der Waals surface area contributed by atoms with Crippen molar-refractivity contribution in [3.05, 3.63) is 95.6 Å². The van der Waals surface area contributed by atoms with Crippen molar-refractivity contribution in [3.63, 3.8) is 0 Å². The minimum atomic E-state index is -3.18. The number of nitrogens with one attached hydrogen (secondary N) is 2. The maximum atomic E-state index is 13.6. The van der Waals surface area contributed by atoms with E-state index in [-0.39, 0.29) is 22.3 Å². The molecule has 11 nitrogen and oxygen atoms in total. The second kappa shape index (κ2) is 14.2. The summed E-state index contributed by atoms with van der Waals surface area (Å²) in [6.45, 7) is 8.94. The van der Waals surface area contributed by atoms with Gasteiger partial charge in [0.05, 0.1) is 21.0 Å². The number of rotatable bonds is 11. The fourth-order valence-electron chi connectivity index (χ4n) is 4.62. The summed E-state index contributed by atoms with van der Waals surface area (Å²) in [6, 6.07) is 16.8. The molecule has 0 spiro atoms. The summed E-state index contributed by atoms with van der Waals surface area (Å²) in [5, 5.41) is 9.96. The van der Waals surface area contributed by atoms with Gasteiger partial charge in [0.25, 0.3) is 17.7 Å². The number of hydrogen-bond donors (Lipinski definition) is 2. The van der Waals surface area contributed by atoms with E-state index >= 15 is 0 Å². The quantitative estimate of drug-likeness (QED) is 0.255. The van der Waals surface area contributed by atoms with Gasteiger partial charge in [-0.15, -0.1) is 0 Å². The molecule has 2 aromatic heterocycles. The lowest BCUT2D eigenvalue weighted by Crippen LogP contribution is -2.34. The van der Waals surface area contributed by atoms with Crippen LogP contribution in [0.4, 0.5) is 5.69 Å². The molecule has 0 aliphatic carbocycles. The molecule has 4 aromatic rings. The molecule has 0 radical (unpaired) electrons. The van der Waals surface area contributed by atoms with Gasteiger partial charge in [0.15, 0.2) is 0 Å². The van der Waals surface area contributed by atoms with Crippen LogP contribution in [-0.2, 0) is 16.8 Å². The van der Waals surface area contributed by atoms with Crippen LogP contribution >= 0.6 is 0 Å². The molecule has 2 N–H and O–H groups in total. The van der Waals surface area contributed by atoms with Crippen LogP contribution in [0.2, 0.25) is 0 Å². The Morgan fingerprint density at radius 3 is 2.39 bits per heavy atom. The van der Waals surface area contributed by atoms with Crippen LogP contribution in [0.25, 0.3) is 11.1 Å². The van der Waals surface area contributed by atoms with E-state index in [9.17, 15) is 18.6 Å². The number of pyridine rings is 1. The Kier molecular flexibility index (Phi) is 10.4. The Labute approximate surface area is 257 Å². The lowest BCUT2D eigenvalue weighted by Gasteiger charge is -2.18. The number of amides is 3. The van der Waals surface area contributed by atoms with Crippen molar-refractivity contribution in [2.75, 3.05) is 37.8 Å². The Morgan fingerprint density at radius 2 is 1.68 bits per heavy atom. The van der Waals surface area contributed by atoms with Crippen LogP contribution in [0.1, 0.15) is 50.7 Å². The summed E-state index contributed by atoms with van der Waals surface area (Å²) in [4.78, 5) is 45.3. The molecule has 230 valence electrons. The van der Waals surface area contributed by atoms with E-state index in [2.05, 4.69) is 43.8 Å². The number of carbonyl (C=O) groups excluding carboxylic acids is 3. The van der Waals surface area contributed by atoms with Crippen LogP contribution in [-0.4, -0.2) is 74.0 Å². The molecule has 3 amide bonds. The Balaban J connectivity index is 1.50. The van der Waals surface area contributed by atoms with Crippen LogP contribution < -0.4 is 10.6 Å². The van der Waals surface area contributed by atoms with E-state index in [1.165, 1.54) is 23.2 Å². The fourth-order valence-corrected chi connectivity index (χ4v) is 5.82. The number of aryl methyl sites for hydroxylation is 2. The van der Waals surface area contributed by atoms with Gasteiger partial charge < -0.3 is 15.5 Å². The van der Waals surface area contributed by atoms with Crippen LogP contribution in [0.5, 0.6) is 0 Å². The van der Waals surface area contributed by atoms with Gasteiger partial charge in [-0.3, -0.25) is 24.0 Å². The van der Waals surface area contributed by atoms with Crippen molar-refractivity contribution < 1.29 is 18.6 Å². The standard InChI is InChI=1S/C32H37N7O4S/c1-6-39(7-2)15-14-34-30(40)24-11-9-13-28(19-24)44(5,43)37-31(41)26-17-25(20-33-21-26)23-10-8-12-27(18-23)35-32(42)29-16-22(3)36-38(29)4/h8-13,16-21H,6-7,14-15H2,1-5H3,(H,34,40)(H,35,42). The average Bonchev–Trinajstić information content (AvgIpc) is 3.36. The molecule has 44 heavy (non-hydrogen) atoms. The van der Waals surface area contributed by atoms with Crippen molar-refractivity contribution in [3.8, 4) is 11.1 Å². The summed E-state index contributed by atoms with van der Waals surface area (Å²) < 4.78 is 19.1. The van der Waals surface area contributed by atoms with Gasteiger partial charge in [-0.25, -0.2) is 4.21 Å². The number of likely N-dealkylation sites (N-methyl/N-ethyl adjacent to an activating group) is 1. The molecule has 0 bridgehead atoms. The topological polar surface area (TPSA) is 139 Å². The summed E-state index contributed by atoms with van der Waals surface area (Å²) in [5.74, 6) is -1.28. The van der Waals surface area contributed by atoms with Crippen LogP contribution in [0.3, 0.4) is 0 Å². The molecule has 0 saturated heterocycles. The third-order valence-corrected chi connectivity index (χ3v) is 8.72. The van der Waals surface area contributed by atoms with Gasteiger partial charge in [-0.2, -0.15) is 9.46 Å². The molecule has 2 aromatic carbocycles. The average molecular weight is 616 g/mol. The Morgan fingerprint density at radius 1 is 0.932 bits per heavy atom. The fraction of sp³-hybridized carbons (Fsp3) is 0.281. The monoisotopic (exact) mass is 615 g/mol. The predicted molar refractivity (Wildman–Crippen MR) is 171 cm³/mol. The molecule has 0 aliphatic rings. The first-order valence-corrected chi connectivity index (χ1v) is 16.2. The van der Waals surface area contributed by atoms with Crippen molar-refractivity contribution in [2.45, 2.75) is 25.7 Å². The van der Waals surface area contributed by atoms with Gasteiger partial charge in [-0.05, 0) is 68.0 Å². The van der Waals surface area contributed by atoms with Gasteiger partial charge in [0, 0.05) is 60.5 Å². The lowest BCUT2D eigenvalue weighted by molar-refractivity contribution is 0.0947. The first kappa shape index (κ1) is 32.2. The van der Waals surface area contributed by atoms with Crippen LogP contribution in [0.15, 0.2) is 82.3 Å². The third kappa shape index (κ3) is 8.03. The number of nitrogens with zero attached hydrogens (tertiary/aromatic N) is 5. The molecule has 12 heteroatoms. The minimum Gasteiger partial charge on any atom is -0.351 e. The number of aromatic nitrogens is 3. The second-order valence-corrected chi connectivity index (χ2v) is 12.6. The highest BCUT2D eigenvalue weighted by Gasteiger charge is 2.16. The van der Waals surface area contributed by atoms with Gasteiger partial charge in [0.1, 0.15) is 5.69 Å². The molecular formula is C32H37N7O4S. The van der Waals surface area contributed by atoms with Gasteiger partial charge in [0.2, 0.25) is 0 Å². The van der Waals surface area contributed by atoms with Crippen molar-refractivity contribution in [2.24, 2.45) is 11.4 Å². The number of benzene rings is 2. The van der Waals surface area contributed by atoms with E-state index in [0.717, 1.165) is 25.3 Å². The van der Waals surface area contributed by atoms with Gasteiger partial charge in [-0.1, -0.05) is 32.0 Å². The lowest BCUT2D eigenvalue weighted by atomic mass is 10.1. The highest BCUT2D eigenvalue weighted by atomic mass is 32.2. The number of carbonyl (C=O) groups is 3. The summed E-state index contributed by atoms with van der Waals surface area (Å²) in [6.07, 6.45) is 4.32. The van der Waals surface area contributed by atoms with Crippen molar-refractivity contribution in [1.29, 1.82) is 0 Å². The molecule has 0 aliphatic heterocycles. The highest BCUT2D eigenvalue weighted by molar-refractivity contribution is 7.93. The van der Waals surface area contributed by atoms with E-state index in [4.69, 9.17) is 0 Å². The van der Waals surface area contributed by atoms with E-state index in [1.54, 1.807) is 61.8 Å². The van der Waals surface area contributed by atoms with Crippen molar-refractivity contribution >= 4 is 33.1 Å². The highest BCUT2D eigenvalue weighted by Crippen LogP contribution is 2.24. The second-order valence-electron chi connectivity index (χ2n) is 10.3. The van der Waals surface area contributed by atoms with Crippen molar-refractivity contribution in [1.82, 2.24) is 25.0 Å². The predicted octanol–water partition coefficient (Wildman–Crippen LogP) is 4.41. The molecule has 4 rings (SSSR count). The summed E-state index contributed by atoms with van der Waals surface area (Å²) in [5.41, 5.74) is 3.54. The zero-order valence-electron chi connectivity index (χ0n) is 25.5. The van der Waals surface area contributed by atoms with Crippen LogP contribution in [0, 0.1) is 6.92 Å². The molecule has 2 heterocycles. The third-order valence-electron chi connectivity index (χ3n) is 7.07. The number of hydrogen-bond acceptors (Lipinski definition) is 7. The smallest absolute Gasteiger partial charge is 0.286 e. The largest absolute Gasteiger partial charge is 0.351 e. The molecule has 1 unspecified atom stereocenters. The summed E-state index contributed by atoms with van der Waals surface area (Å²) in [7, 11) is -1.47. The van der Waals surface area contributed by atoms with Gasteiger partial charge >= 0.3 is 0 Å². The minimum absolute atomic E-state index is 0.155. The zero-order chi connectivity index (χ0) is 31.9. The molecule has 0 fully saturated rings. The summed E-state index contributed by atoms with van der Waals surface area (Å²) >= 11 is 0. The maximum absolute atomic E-state index is 13.6.